The summed E-state index contributed by atoms with van der Waals surface area (Å²) in [6.07, 6.45) is 2.62. The zero-order chi connectivity index (χ0) is 16.4. The van der Waals surface area contributed by atoms with Crippen LogP contribution in [0, 0.1) is 6.92 Å². The van der Waals surface area contributed by atoms with Crippen LogP contribution in [0.5, 0.6) is 0 Å². The lowest BCUT2D eigenvalue weighted by atomic mass is 9.97. The van der Waals surface area contributed by atoms with Gasteiger partial charge in [-0.25, -0.2) is 9.78 Å². The molecule has 6 heteroatoms. The van der Waals surface area contributed by atoms with E-state index in [9.17, 15) is 14.7 Å². The molecule has 1 fully saturated rings. The van der Waals surface area contributed by atoms with Gasteiger partial charge in [-0.2, -0.15) is 0 Å². The Kier molecular flexibility index (Phi) is 4.17. The first-order valence-electron chi connectivity index (χ1n) is 7.59. The fourth-order valence-electron chi connectivity index (χ4n) is 2.98. The molecule has 5 nitrogen and oxygen atoms in total. The van der Waals surface area contributed by atoms with E-state index in [1.54, 1.807) is 29.5 Å². The summed E-state index contributed by atoms with van der Waals surface area (Å²) in [6.45, 7) is 1.93. The number of amides is 1. The predicted molar refractivity (Wildman–Crippen MR) is 88.6 cm³/mol. The van der Waals surface area contributed by atoms with E-state index in [2.05, 4.69) is 10.3 Å². The first kappa shape index (κ1) is 15.7. The Morgan fingerprint density at radius 3 is 2.65 bits per heavy atom. The van der Waals surface area contributed by atoms with Gasteiger partial charge in [0.25, 0.3) is 5.91 Å². The molecule has 1 saturated carbocycles. The molecule has 1 amide bonds. The fraction of sp³-hybridized carbons (Fsp3) is 0.353. The normalized spacial score (nSPS) is 16.2. The van der Waals surface area contributed by atoms with E-state index in [1.165, 1.54) is 0 Å². The van der Waals surface area contributed by atoms with Gasteiger partial charge in [0.2, 0.25) is 0 Å². The molecule has 0 saturated heterocycles. The molecule has 0 atom stereocenters. The topological polar surface area (TPSA) is 79.3 Å². The second-order valence-corrected chi connectivity index (χ2v) is 6.94. The summed E-state index contributed by atoms with van der Waals surface area (Å²) in [7, 11) is 0. The van der Waals surface area contributed by atoms with Gasteiger partial charge >= 0.3 is 5.97 Å². The molecule has 1 aliphatic carbocycles. The summed E-state index contributed by atoms with van der Waals surface area (Å²) in [5.74, 6) is -1.29. The van der Waals surface area contributed by atoms with Gasteiger partial charge < -0.3 is 10.4 Å². The van der Waals surface area contributed by atoms with Crippen LogP contribution < -0.4 is 5.32 Å². The molecule has 0 unspecified atom stereocenters. The molecule has 1 aliphatic rings. The first-order valence-corrected chi connectivity index (χ1v) is 8.47. The van der Waals surface area contributed by atoms with Crippen LogP contribution in [0.15, 0.2) is 29.6 Å². The lowest BCUT2D eigenvalue weighted by Gasteiger charge is -2.25. The quantitative estimate of drug-likeness (QED) is 0.902. The van der Waals surface area contributed by atoms with Gasteiger partial charge in [-0.15, -0.1) is 11.3 Å². The Bertz CT molecular complexity index is 748. The van der Waals surface area contributed by atoms with E-state index in [-0.39, 0.29) is 5.91 Å². The molecule has 3 rings (SSSR count). The highest BCUT2D eigenvalue weighted by Crippen LogP contribution is 2.30. The number of carboxylic acid groups (broad SMARTS) is 1. The summed E-state index contributed by atoms with van der Waals surface area (Å²) in [4.78, 5) is 28.5. The highest BCUT2D eigenvalue weighted by Gasteiger charge is 2.42. The van der Waals surface area contributed by atoms with E-state index < -0.39 is 11.5 Å². The minimum Gasteiger partial charge on any atom is -0.480 e. The van der Waals surface area contributed by atoms with Crippen molar-refractivity contribution >= 4 is 23.2 Å². The Hall–Kier alpha value is -2.21. The van der Waals surface area contributed by atoms with Crippen LogP contribution in [0.4, 0.5) is 0 Å². The summed E-state index contributed by atoms with van der Waals surface area (Å²) >= 11 is 1.55. The van der Waals surface area contributed by atoms with Gasteiger partial charge in [0.15, 0.2) is 0 Å². The van der Waals surface area contributed by atoms with Gasteiger partial charge in [0.05, 0.1) is 10.7 Å². The van der Waals surface area contributed by atoms with Crippen LogP contribution in [0.1, 0.15) is 41.0 Å². The number of rotatable bonds is 4. The molecule has 2 aromatic rings. The molecule has 0 aliphatic heterocycles. The number of nitrogens with one attached hydrogen (secondary N) is 1. The monoisotopic (exact) mass is 330 g/mol. The average molecular weight is 330 g/mol. The van der Waals surface area contributed by atoms with Crippen molar-refractivity contribution in [2.24, 2.45) is 0 Å². The number of hydrogen-bond donors (Lipinski definition) is 2. The molecular formula is C17H18N2O3S. The maximum Gasteiger partial charge on any atom is 0.329 e. The van der Waals surface area contributed by atoms with Crippen LogP contribution in [0.3, 0.4) is 0 Å². The molecule has 23 heavy (non-hydrogen) atoms. The van der Waals surface area contributed by atoms with Gasteiger partial charge in [-0.3, -0.25) is 4.79 Å². The van der Waals surface area contributed by atoms with Crippen molar-refractivity contribution in [2.45, 2.75) is 38.1 Å². The zero-order valence-electron chi connectivity index (χ0n) is 12.8. The standard InChI is InChI=1S/C17H18N2O3S/c1-11-18-14(10-23-11)12-5-4-6-13(9-12)15(20)19-17(16(21)22)7-2-3-8-17/h4-6,9-10H,2-3,7-8H2,1H3,(H,19,20)(H,21,22). The summed E-state index contributed by atoms with van der Waals surface area (Å²) in [5, 5.41) is 15.1. The van der Waals surface area contributed by atoms with Crippen LogP contribution >= 0.6 is 11.3 Å². The van der Waals surface area contributed by atoms with Gasteiger partial charge in [-0.1, -0.05) is 25.0 Å². The van der Waals surface area contributed by atoms with Gasteiger partial charge in [-0.05, 0) is 31.9 Å². The van der Waals surface area contributed by atoms with E-state index in [1.807, 2.05) is 18.4 Å². The molecule has 0 bridgehead atoms. The maximum atomic E-state index is 12.5. The van der Waals surface area contributed by atoms with Crippen LogP contribution in [0.25, 0.3) is 11.3 Å². The van der Waals surface area contributed by atoms with Crippen LogP contribution in [-0.4, -0.2) is 27.5 Å². The summed E-state index contributed by atoms with van der Waals surface area (Å²) < 4.78 is 0. The third-order valence-electron chi connectivity index (χ3n) is 4.26. The molecule has 0 spiro atoms. The number of carbonyl (C=O) groups is 2. The van der Waals surface area contributed by atoms with Crippen molar-refractivity contribution in [1.29, 1.82) is 0 Å². The van der Waals surface area contributed by atoms with Gasteiger partial charge in [0.1, 0.15) is 5.54 Å². The van der Waals surface area contributed by atoms with E-state index >= 15 is 0 Å². The Labute approximate surface area is 138 Å². The molecule has 1 aromatic carbocycles. The molecule has 2 N–H and O–H groups in total. The number of nitrogens with zero attached hydrogens (tertiary/aromatic N) is 1. The van der Waals surface area contributed by atoms with E-state index in [0.717, 1.165) is 29.1 Å². The summed E-state index contributed by atoms with van der Waals surface area (Å²) in [5.41, 5.74) is 1.03. The predicted octanol–water partition coefficient (Wildman–Crippen LogP) is 3.25. The van der Waals surface area contributed by atoms with Gasteiger partial charge in [0, 0.05) is 16.5 Å². The van der Waals surface area contributed by atoms with Crippen molar-refractivity contribution in [1.82, 2.24) is 10.3 Å². The maximum absolute atomic E-state index is 12.5. The smallest absolute Gasteiger partial charge is 0.329 e. The minimum atomic E-state index is -1.12. The van der Waals surface area contributed by atoms with Crippen molar-refractivity contribution in [3.8, 4) is 11.3 Å². The minimum absolute atomic E-state index is 0.344. The van der Waals surface area contributed by atoms with E-state index in [0.29, 0.717) is 18.4 Å². The zero-order valence-corrected chi connectivity index (χ0v) is 13.7. The number of aromatic nitrogens is 1. The van der Waals surface area contributed by atoms with Crippen LogP contribution in [-0.2, 0) is 4.79 Å². The molecule has 1 aromatic heterocycles. The third-order valence-corrected chi connectivity index (χ3v) is 5.03. The van der Waals surface area contributed by atoms with Crippen molar-refractivity contribution in [3.05, 3.63) is 40.2 Å². The second kappa shape index (κ2) is 6.12. The van der Waals surface area contributed by atoms with Crippen LogP contribution in [0.2, 0.25) is 0 Å². The highest BCUT2D eigenvalue weighted by atomic mass is 32.1. The highest BCUT2D eigenvalue weighted by molar-refractivity contribution is 7.09. The Morgan fingerprint density at radius 1 is 1.30 bits per heavy atom. The number of hydrogen-bond acceptors (Lipinski definition) is 4. The Balaban J connectivity index is 1.84. The summed E-state index contributed by atoms with van der Waals surface area (Å²) in [6, 6.07) is 7.14. The van der Waals surface area contributed by atoms with Crippen molar-refractivity contribution in [2.75, 3.05) is 0 Å². The largest absolute Gasteiger partial charge is 0.480 e. The number of carbonyl (C=O) groups excluding carboxylic acids is 1. The lowest BCUT2D eigenvalue weighted by molar-refractivity contribution is -0.144. The Morgan fingerprint density at radius 2 is 2.04 bits per heavy atom. The van der Waals surface area contributed by atoms with E-state index in [4.69, 9.17) is 0 Å². The second-order valence-electron chi connectivity index (χ2n) is 5.88. The molecular weight excluding hydrogens is 312 g/mol. The molecule has 1 heterocycles. The lowest BCUT2D eigenvalue weighted by Crippen LogP contribution is -2.52. The number of benzene rings is 1. The SMILES string of the molecule is Cc1nc(-c2cccc(C(=O)NC3(C(=O)O)CCCC3)c2)cs1. The number of thiazole rings is 1. The third kappa shape index (κ3) is 3.12. The molecule has 0 radical (unpaired) electrons. The first-order chi connectivity index (χ1) is 11.0. The van der Waals surface area contributed by atoms with Crippen molar-refractivity contribution < 1.29 is 14.7 Å². The fourth-order valence-corrected chi connectivity index (χ4v) is 3.60. The van der Waals surface area contributed by atoms with Crippen molar-refractivity contribution in [3.63, 3.8) is 0 Å². The number of aryl methyl sites for hydroxylation is 1. The number of carboxylic acids is 1. The molecule has 120 valence electrons. The number of aliphatic carboxylic acids is 1. The average Bonchev–Trinajstić information content (AvgIpc) is 3.17.